The van der Waals surface area contributed by atoms with Crippen molar-refractivity contribution in [3.05, 3.63) is 0 Å². The van der Waals surface area contributed by atoms with E-state index in [1.54, 1.807) is 0 Å². The van der Waals surface area contributed by atoms with Crippen LogP contribution in [0.2, 0.25) is 0 Å². The van der Waals surface area contributed by atoms with Crippen LogP contribution >= 0.6 is 0 Å². The van der Waals surface area contributed by atoms with Gasteiger partial charge < -0.3 is 6.15 Å². The van der Waals surface area contributed by atoms with E-state index in [1.807, 2.05) is 0 Å². The van der Waals surface area contributed by atoms with Crippen LogP contribution in [-0.4, -0.2) is 0 Å². The van der Waals surface area contributed by atoms with E-state index in [1.165, 1.54) is 51.4 Å². The molecule has 2 fully saturated rings. The molecule has 0 amide bonds. The van der Waals surface area contributed by atoms with Crippen molar-refractivity contribution >= 4 is 0 Å². The Labute approximate surface area is 67.3 Å². The van der Waals surface area contributed by atoms with Gasteiger partial charge in [-0.2, -0.15) is 0 Å². The molecule has 1 heteroatoms. The quantitative estimate of drug-likeness (QED) is 0.548. The SMILES string of the molecule is C.C1CCC1.C1CCC1.N.[HH]. The minimum absolute atomic E-state index is 0. The van der Waals surface area contributed by atoms with Gasteiger partial charge >= 0.3 is 0 Å². The van der Waals surface area contributed by atoms with E-state index < -0.39 is 0 Å². The van der Waals surface area contributed by atoms with Gasteiger partial charge in [0.05, 0.1) is 0 Å². The molecule has 66 valence electrons. The molecule has 0 radical (unpaired) electrons. The Bertz CT molecular complexity index is 33.5. The van der Waals surface area contributed by atoms with Crippen LogP contribution in [0, 0.1) is 0 Å². The lowest BCUT2D eigenvalue weighted by atomic mass is 10.0. The number of rotatable bonds is 0. The van der Waals surface area contributed by atoms with E-state index >= 15 is 0 Å². The molecule has 2 aliphatic rings. The van der Waals surface area contributed by atoms with Crippen LogP contribution in [0.3, 0.4) is 0 Å². The van der Waals surface area contributed by atoms with Gasteiger partial charge in [0, 0.05) is 1.43 Å². The molecule has 0 spiro atoms. The molecule has 3 N–H and O–H groups in total. The van der Waals surface area contributed by atoms with Crippen molar-refractivity contribution in [2.75, 3.05) is 0 Å². The summed E-state index contributed by atoms with van der Waals surface area (Å²) in [7, 11) is 0. The summed E-state index contributed by atoms with van der Waals surface area (Å²) in [4.78, 5) is 0. The average Bonchev–Trinajstić information content (AvgIpc) is 1.12. The van der Waals surface area contributed by atoms with Crippen LogP contribution in [0.15, 0.2) is 0 Å². The highest BCUT2D eigenvalue weighted by atomic mass is 14.0. The summed E-state index contributed by atoms with van der Waals surface area (Å²) >= 11 is 0. The fourth-order valence-electron chi connectivity index (χ4n) is 0.500. The third kappa shape index (κ3) is 6.09. The highest BCUT2D eigenvalue weighted by Crippen LogP contribution is 2.15. The normalized spacial score (nSPS) is 19.2. The molecule has 0 aromatic rings. The summed E-state index contributed by atoms with van der Waals surface area (Å²) in [6.45, 7) is 0. The molecule has 2 aliphatic carbocycles. The molecule has 0 saturated heterocycles. The first-order chi connectivity index (χ1) is 4.00. The third-order valence-electron chi connectivity index (χ3n) is 2.00. The van der Waals surface area contributed by atoms with Crippen molar-refractivity contribution in [2.24, 2.45) is 0 Å². The van der Waals surface area contributed by atoms with E-state index in [-0.39, 0.29) is 15.0 Å². The smallest absolute Gasteiger partial charge is 0 e. The van der Waals surface area contributed by atoms with Crippen molar-refractivity contribution in [2.45, 2.75) is 58.8 Å². The second-order valence-corrected chi connectivity index (χ2v) is 2.83. The van der Waals surface area contributed by atoms with Gasteiger partial charge in [-0.25, -0.2) is 0 Å². The second kappa shape index (κ2) is 8.96. The maximum Gasteiger partial charge on any atom is 0 e. The standard InChI is InChI=1S/2C4H8.CH4.H3N.H2/c2*1-2-4-3-1;;;/h2*1-4H2;1H4;1H3;1H. The fraction of sp³-hybridized carbons (Fsp3) is 1.00. The summed E-state index contributed by atoms with van der Waals surface area (Å²) in [5, 5.41) is 0. The lowest BCUT2D eigenvalue weighted by Crippen LogP contribution is -1.85. The summed E-state index contributed by atoms with van der Waals surface area (Å²) in [5.74, 6) is 0. The minimum atomic E-state index is 0. The molecule has 0 unspecified atom stereocenters. The summed E-state index contributed by atoms with van der Waals surface area (Å²) < 4.78 is 0. The predicted molar refractivity (Wildman–Crippen MR) is 50.8 cm³/mol. The molecule has 0 aromatic heterocycles. The molecule has 0 aromatic carbocycles. The molecule has 0 aliphatic heterocycles. The molecular formula is C9H25N. The molecule has 2 rings (SSSR count). The highest BCUT2D eigenvalue weighted by Gasteiger charge is 1.95. The van der Waals surface area contributed by atoms with E-state index in [2.05, 4.69) is 0 Å². The second-order valence-electron chi connectivity index (χ2n) is 2.83. The van der Waals surface area contributed by atoms with Crippen LogP contribution in [-0.2, 0) is 0 Å². The van der Waals surface area contributed by atoms with E-state index in [0.717, 1.165) is 0 Å². The van der Waals surface area contributed by atoms with Gasteiger partial charge in [0.15, 0.2) is 0 Å². The van der Waals surface area contributed by atoms with Crippen molar-refractivity contribution in [1.29, 1.82) is 0 Å². The summed E-state index contributed by atoms with van der Waals surface area (Å²) in [6.07, 6.45) is 12.0. The van der Waals surface area contributed by atoms with Crippen LogP contribution in [0.25, 0.3) is 0 Å². The maximum absolute atomic E-state index is 1.50. The first kappa shape index (κ1) is 12.6. The summed E-state index contributed by atoms with van der Waals surface area (Å²) in [5.41, 5.74) is 0. The maximum atomic E-state index is 1.50. The van der Waals surface area contributed by atoms with Gasteiger partial charge in [0.25, 0.3) is 0 Å². The van der Waals surface area contributed by atoms with E-state index in [4.69, 9.17) is 0 Å². The Morgan fingerprint density at radius 3 is 0.600 bits per heavy atom. The Balaban J connectivity index is -0.0000000914. The topological polar surface area (TPSA) is 35.0 Å². The number of hydrogen-bond donors (Lipinski definition) is 1. The van der Waals surface area contributed by atoms with Crippen LogP contribution in [0.5, 0.6) is 0 Å². The van der Waals surface area contributed by atoms with Crippen molar-refractivity contribution in [3.63, 3.8) is 0 Å². The van der Waals surface area contributed by atoms with Crippen molar-refractivity contribution in [3.8, 4) is 0 Å². The van der Waals surface area contributed by atoms with Gasteiger partial charge in [-0.15, -0.1) is 0 Å². The monoisotopic (exact) mass is 147 g/mol. The molecule has 2 saturated carbocycles. The summed E-state index contributed by atoms with van der Waals surface area (Å²) in [6, 6.07) is 0. The van der Waals surface area contributed by atoms with E-state index in [9.17, 15) is 0 Å². The lowest BCUT2D eigenvalue weighted by Gasteiger charge is -2.05. The first-order valence-corrected chi connectivity index (χ1v) is 4.00. The largest absolute Gasteiger partial charge is 0.344 e. The van der Waals surface area contributed by atoms with Gasteiger partial charge in [-0.1, -0.05) is 58.8 Å². The highest BCUT2D eigenvalue weighted by molar-refractivity contribution is 4.51. The first-order valence-electron chi connectivity index (χ1n) is 4.00. The van der Waals surface area contributed by atoms with Gasteiger partial charge in [-0.3, -0.25) is 0 Å². The molecular weight excluding hydrogens is 122 g/mol. The van der Waals surface area contributed by atoms with Crippen LogP contribution in [0.4, 0.5) is 0 Å². The van der Waals surface area contributed by atoms with Crippen molar-refractivity contribution < 1.29 is 1.43 Å². The van der Waals surface area contributed by atoms with Gasteiger partial charge in [0.1, 0.15) is 0 Å². The Morgan fingerprint density at radius 1 is 0.500 bits per heavy atom. The van der Waals surface area contributed by atoms with Crippen LogP contribution in [0.1, 0.15) is 60.2 Å². The zero-order valence-electron chi connectivity index (χ0n) is 6.36. The lowest BCUT2D eigenvalue weighted by molar-refractivity contribution is 0.504. The zero-order chi connectivity index (χ0) is 5.66. The average molecular weight is 147 g/mol. The Hall–Kier alpha value is -0.0400. The van der Waals surface area contributed by atoms with Crippen LogP contribution < -0.4 is 6.15 Å². The van der Waals surface area contributed by atoms with Gasteiger partial charge in [0.2, 0.25) is 0 Å². The minimum Gasteiger partial charge on any atom is -0.344 e. The Morgan fingerprint density at radius 2 is 0.600 bits per heavy atom. The third-order valence-corrected chi connectivity index (χ3v) is 2.00. The van der Waals surface area contributed by atoms with Crippen molar-refractivity contribution in [1.82, 2.24) is 6.15 Å². The predicted octanol–water partition coefficient (Wildman–Crippen LogP) is 4.16. The van der Waals surface area contributed by atoms with Gasteiger partial charge in [-0.05, 0) is 0 Å². The zero-order valence-corrected chi connectivity index (χ0v) is 6.36. The molecule has 1 nitrogen and oxygen atoms in total. The molecule has 0 heterocycles. The fourth-order valence-corrected chi connectivity index (χ4v) is 0.500. The molecule has 0 atom stereocenters. The van der Waals surface area contributed by atoms with E-state index in [0.29, 0.717) is 0 Å². The number of hydrogen-bond acceptors (Lipinski definition) is 1. The molecule has 0 bridgehead atoms. The molecule has 10 heavy (non-hydrogen) atoms. The Kier molecular flexibility index (Phi) is 11.3.